The number of hydrogen-bond donors (Lipinski definition) is 3. The van der Waals surface area contributed by atoms with E-state index in [2.05, 4.69) is 15.5 Å². The van der Waals surface area contributed by atoms with Crippen molar-refractivity contribution in [1.29, 1.82) is 0 Å². The normalized spacial score (nSPS) is 24.5. The van der Waals surface area contributed by atoms with Crippen LogP contribution in [0.2, 0.25) is 0 Å². The smallest absolute Gasteiger partial charge is 0.315 e. The van der Waals surface area contributed by atoms with E-state index in [1.165, 1.54) is 0 Å². The summed E-state index contributed by atoms with van der Waals surface area (Å²) in [6, 6.07) is 5.71. The molecule has 1 saturated carbocycles. The molecular formula is C20H29N3O5. The lowest BCUT2D eigenvalue weighted by Gasteiger charge is -2.27. The molecule has 3 rings (SSSR count). The SMILES string of the molecule is COc1cc(OC)cc(N2CCC(NC(=O)NC3CCC(C(=O)O)CC3)C2)c1. The van der Waals surface area contributed by atoms with Crippen molar-refractivity contribution < 1.29 is 24.2 Å². The zero-order chi connectivity index (χ0) is 20.1. The van der Waals surface area contributed by atoms with Crippen LogP contribution in [-0.2, 0) is 4.79 Å². The number of benzene rings is 1. The van der Waals surface area contributed by atoms with Crippen LogP contribution in [0.4, 0.5) is 10.5 Å². The lowest BCUT2D eigenvalue weighted by Crippen LogP contribution is -2.48. The van der Waals surface area contributed by atoms with Crippen LogP contribution in [0.3, 0.4) is 0 Å². The lowest BCUT2D eigenvalue weighted by molar-refractivity contribution is -0.142. The summed E-state index contributed by atoms with van der Waals surface area (Å²) in [7, 11) is 3.25. The Morgan fingerprint density at radius 2 is 1.57 bits per heavy atom. The van der Waals surface area contributed by atoms with Crippen LogP contribution < -0.4 is 25.0 Å². The molecule has 28 heavy (non-hydrogen) atoms. The molecule has 1 aliphatic heterocycles. The van der Waals surface area contributed by atoms with Crippen molar-refractivity contribution >= 4 is 17.7 Å². The van der Waals surface area contributed by atoms with E-state index in [0.717, 1.165) is 36.7 Å². The molecule has 1 aliphatic carbocycles. The number of ether oxygens (including phenoxy) is 2. The predicted octanol–water partition coefficient (Wildman–Crippen LogP) is 2.23. The fraction of sp³-hybridized carbons (Fsp3) is 0.600. The van der Waals surface area contributed by atoms with Crippen molar-refractivity contribution in [2.75, 3.05) is 32.2 Å². The van der Waals surface area contributed by atoms with E-state index in [-0.39, 0.29) is 24.0 Å². The number of aliphatic carboxylic acids is 1. The van der Waals surface area contributed by atoms with Crippen LogP contribution >= 0.6 is 0 Å². The highest BCUT2D eigenvalue weighted by Gasteiger charge is 2.28. The van der Waals surface area contributed by atoms with Crippen LogP contribution in [0, 0.1) is 5.92 Å². The first kappa shape index (κ1) is 20.1. The summed E-state index contributed by atoms with van der Waals surface area (Å²) >= 11 is 0. The summed E-state index contributed by atoms with van der Waals surface area (Å²) in [6.45, 7) is 1.56. The standard InChI is InChI=1S/C20H29N3O5/c1-27-17-9-16(10-18(11-17)28-2)23-8-7-15(12-23)22-20(26)21-14-5-3-13(4-6-14)19(24)25/h9-11,13-15H,3-8,12H2,1-2H3,(H,24,25)(H2,21,22,26). The number of rotatable bonds is 6. The van der Waals surface area contributed by atoms with Crippen molar-refractivity contribution in [3.05, 3.63) is 18.2 Å². The molecule has 2 aliphatic rings. The summed E-state index contributed by atoms with van der Waals surface area (Å²) in [5.41, 5.74) is 1.01. The van der Waals surface area contributed by atoms with Gasteiger partial charge in [-0.25, -0.2) is 4.79 Å². The number of carboxylic acid groups (broad SMARTS) is 1. The van der Waals surface area contributed by atoms with Gasteiger partial charge in [0.1, 0.15) is 11.5 Å². The minimum absolute atomic E-state index is 0.0516. The van der Waals surface area contributed by atoms with Gasteiger partial charge in [0, 0.05) is 49.1 Å². The highest BCUT2D eigenvalue weighted by molar-refractivity contribution is 5.75. The van der Waals surface area contributed by atoms with E-state index < -0.39 is 5.97 Å². The molecule has 0 bridgehead atoms. The number of hydrogen-bond acceptors (Lipinski definition) is 5. The second-order valence-electron chi connectivity index (χ2n) is 7.51. The molecule has 2 amide bonds. The first-order chi connectivity index (χ1) is 13.5. The van der Waals surface area contributed by atoms with Gasteiger partial charge >= 0.3 is 12.0 Å². The molecular weight excluding hydrogens is 362 g/mol. The minimum atomic E-state index is -0.733. The molecule has 0 spiro atoms. The van der Waals surface area contributed by atoms with E-state index >= 15 is 0 Å². The number of urea groups is 1. The Bertz CT molecular complexity index is 681. The van der Waals surface area contributed by atoms with Crippen LogP contribution in [0.25, 0.3) is 0 Å². The molecule has 8 heteroatoms. The van der Waals surface area contributed by atoms with Gasteiger partial charge in [0.2, 0.25) is 0 Å². The van der Waals surface area contributed by atoms with Crippen LogP contribution in [0.15, 0.2) is 18.2 Å². The zero-order valence-electron chi connectivity index (χ0n) is 16.4. The number of nitrogens with zero attached hydrogens (tertiary/aromatic N) is 1. The predicted molar refractivity (Wildman–Crippen MR) is 105 cm³/mol. The molecule has 1 saturated heterocycles. The minimum Gasteiger partial charge on any atom is -0.497 e. The van der Waals surface area contributed by atoms with Crippen molar-refractivity contribution in [3.8, 4) is 11.5 Å². The Kier molecular flexibility index (Phi) is 6.49. The number of nitrogens with one attached hydrogen (secondary N) is 2. The third-order valence-corrected chi connectivity index (χ3v) is 5.64. The van der Waals surface area contributed by atoms with Gasteiger partial charge in [-0.1, -0.05) is 0 Å². The number of carbonyl (C=O) groups excluding carboxylic acids is 1. The summed E-state index contributed by atoms with van der Waals surface area (Å²) in [4.78, 5) is 25.6. The van der Waals surface area contributed by atoms with Gasteiger partial charge in [-0.2, -0.15) is 0 Å². The molecule has 2 fully saturated rings. The Labute approximate surface area is 165 Å². The summed E-state index contributed by atoms with van der Waals surface area (Å²) < 4.78 is 10.7. The van der Waals surface area contributed by atoms with Crippen molar-refractivity contribution in [3.63, 3.8) is 0 Å². The Morgan fingerprint density at radius 1 is 0.964 bits per heavy atom. The number of carbonyl (C=O) groups is 2. The second kappa shape index (κ2) is 9.03. The molecule has 1 heterocycles. The van der Waals surface area contributed by atoms with E-state index in [0.29, 0.717) is 25.7 Å². The third-order valence-electron chi connectivity index (χ3n) is 5.64. The van der Waals surface area contributed by atoms with Gasteiger partial charge in [0.05, 0.1) is 20.1 Å². The molecule has 8 nitrogen and oxygen atoms in total. The zero-order valence-corrected chi connectivity index (χ0v) is 16.4. The van der Waals surface area contributed by atoms with Gasteiger partial charge < -0.3 is 30.1 Å². The molecule has 1 aromatic carbocycles. The monoisotopic (exact) mass is 391 g/mol. The highest BCUT2D eigenvalue weighted by Crippen LogP contribution is 2.30. The van der Waals surface area contributed by atoms with Gasteiger partial charge in [0.25, 0.3) is 0 Å². The average Bonchev–Trinajstić information content (AvgIpc) is 3.16. The Balaban J connectivity index is 1.48. The molecule has 0 aromatic heterocycles. The largest absolute Gasteiger partial charge is 0.497 e. The van der Waals surface area contributed by atoms with Gasteiger partial charge in [-0.15, -0.1) is 0 Å². The van der Waals surface area contributed by atoms with Gasteiger partial charge in [0.15, 0.2) is 0 Å². The molecule has 0 radical (unpaired) electrons. The highest BCUT2D eigenvalue weighted by atomic mass is 16.5. The third kappa shape index (κ3) is 4.99. The quantitative estimate of drug-likeness (QED) is 0.688. The maximum absolute atomic E-state index is 12.3. The summed E-state index contributed by atoms with van der Waals surface area (Å²) in [6.07, 6.45) is 3.53. The van der Waals surface area contributed by atoms with E-state index in [4.69, 9.17) is 14.6 Å². The first-order valence-corrected chi connectivity index (χ1v) is 9.76. The maximum atomic E-state index is 12.3. The van der Waals surface area contributed by atoms with Crippen molar-refractivity contribution in [2.24, 2.45) is 5.92 Å². The number of anilines is 1. The molecule has 154 valence electrons. The van der Waals surface area contributed by atoms with E-state index in [9.17, 15) is 9.59 Å². The van der Waals surface area contributed by atoms with Crippen LogP contribution in [0.1, 0.15) is 32.1 Å². The van der Waals surface area contributed by atoms with Crippen LogP contribution in [-0.4, -0.2) is 56.5 Å². The maximum Gasteiger partial charge on any atom is 0.315 e. The van der Waals surface area contributed by atoms with Gasteiger partial charge in [-0.05, 0) is 32.1 Å². The first-order valence-electron chi connectivity index (χ1n) is 9.76. The Hall–Kier alpha value is -2.64. The van der Waals surface area contributed by atoms with E-state index in [1.807, 2.05) is 18.2 Å². The number of carboxylic acids is 1. The van der Waals surface area contributed by atoms with Gasteiger partial charge in [-0.3, -0.25) is 4.79 Å². The van der Waals surface area contributed by atoms with Crippen LogP contribution in [0.5, 0.6) is 11.5 Å². The number of methoxy groups -OCH3 is 2. The Morgan fingerprint density at radius 3 is 2.14 bits per heavy atom. The molecule has 1 unspecified atom stereocenters. The summed E-state index contributed by atoms with van der Waals surface area (Å²) in [5.74, 6) is 0.466. The van der Waals surface area contributed by atoms with Crippen molar-refractivity contribution in [1.82, 2.24) is 10.6 Å². The summed E-state index contributed by atoms with van der Waals surface area (Å²) in [5, 5.41) is 15.1. The number of amides is 2. The van der Waals surface area contributed by atoms with E-state index in [1.54, 1.807) is 14.2 Å². The second-order valence-corrected chi connectivity index (χ2v) is 7.51. The van der Waals surface area contributed by atoms with Crippen molar-refractivity contribution in [2.45, 2.75) is 44.2 Å². The fourth-order valence-electron chi connectivity index (χ4n) is 3.98. The topological polar surface area (TPSA) is 100 Å². The lowest BCUT2D eigenvalue weighted by atomic mass is 9.86. The average molecular weight is 391 g/mol. The molecule has 3 N–H and O–H groups in total. The molecule has 1 aromatic rings. The molecule has 1 atom stereocenters. The fourth-order valence-corrected chi connectivity index (χ4v) is 3.98.